The van der Waals surface area contributed by atoms with E-state index < -0.39 is 6.10 Å². The van der Waals surface area contributed by atoms with Crippen molar-refractivity contribution in [2.75, 3.05) is 7.11 Å². The van der Waals surface area contributed by atoms with Gasteiger partial charge >= 0.3 is 5.97 Å². The minimum atomic E-state index is -0.636. The van der Waals surface area contributed by atoms with Crippen LogP contribution in [0.15, 0.2) is 67.0 Å². The number of carbonyl (C=O) groups excluding carboxylic acids is 1. The number of aromatic nitrogens is 2. The Morgan fingerprint density at radius 3 is 2.75 bits per heavy atom. The predicted octanol–water partition coefficient (Wildman–Crippen LogP) is 3.07. The van der Waals surface area contributed by atoms with E-state index in [9.17, 15) is 9.90 Å². The molecule has 0 unspecified atom stereocenters. The van der Waals surface area contributed by atoms with Gasteiger partial charge in [-0.3, -0.25) is 0 Å². The number of hydrogen-bond donors (Lipinski definition) is 1. The van der Waals surface area contributed by atoms with Crippen LogP contribution >= 0.6 is 0 Å². The van der Waals surface area contributed by atoms with E-state index in [0.29, 0.717) is 17.9 Å². The molecule has 0 aliphatic heterocycles. The zero-order valence-corrected chi connectivity index (χ0v) is 13.3. The van der Waals surface area contributed by atoms with Crippen LogP contribution in [0.1, 0.15) is 22.0 Å². The highest BCUT2D eigenvalue weighted by Gasteiger charge is 2.14. The standard InChI is InChI=1S/C19H18N2O3/c1-24-19(23)16-9-5-8-15(12-16)18-20-10-11-21(18)13-17(22)14-6-3-2-4-7-14/h2-12,17,22H,13H2,1H3/t17-/m1/s1. The second kappa shape index (κ2) is 7.10. The van der Waals surface area contributed by atoms with Crippen molar-refractivity contribution >= 4 is 5.97 Å². The van der Waals surface area contributed by atoms with Gasteiger partial charge in [-0.05, 0) is 17.7 Å². The van der Waals surface area contributed by atoms with Crippen LogP contribution in [-0.2, 0) is 11.3 Å². The zero-order chi connectivity index (χ0) is 16.9. The molecule has 0 aliphatic carbocycles. The molecule has 0 aliphatic rings. The quantitative estimate of drug-likeness (QED) is 0.733. The van der Waals surface area contributed by atoms with E-state index in [1.165, 1.54) is 7.11 Å². The first-order chi connectivity index (χ1) is 11.7. The summed E-state index contributed by atoms with van der Waals surface area (Å²) in [5.74, 6) is 0.301. The number of imidazole rings is 1. The smallest absolute Gasteiger partial charge is 0.337 e. The molecule has 24 heavy (non-hydrogen) atoms. The van der Waals surface area contributed by atoms with Gasteiger partial charge in [0.2, 0.25) is 0 Å². The fourth-order valence-corrected chi connectivity index (χ4v) is 2.59. The second-order valence-electron chi connectivity index (χ2n) is 5.40. The Kier molecular flexibility index (Phi) is 4.72. The lowest BCUT2D eigenvalue weighted by atomic mass is 10.1. The maximum Gasteiger partial charge on any atom is 0.337 e. The lowest BCUT2D eigenvalue weighted by Gasteiger charge is -2.14. The highest BCUT2D eigenvalue weighted by atomic mass is 16.5. The lowest BCUT2D eigenvalue weighted by molar-refractivity contribution is 0.0600. The molecular formula is C19H18N2O3. The van der Waals surface area contributed by atoms with Gasteiger partial charge in [-0.2, -0.15) is 0 Å². The van der Waals surface area contributed by atoms with Gasteiger partial charge in [-0.1, -0.05) is 42.5 Å². The third-order valence-electron chi connectivity index (χ3n) is 3.81. The summed E-state index contributed by atoms with van der Waals surface area (Å²) in [7, 11) is 1.35. The predicted molar refractivity (Wildman–Crippen MR) is 90.4 cm³/mol. The summed E-state index contributed by atoms with van der Waals surface area (Å²) < 4.78 is 6.62. The number of methoxy groups -OCH3 is 1. The maximum atomic E-state index is 11.7. The zero-order valence-electron chi connectivity index (χ0n) is 13.3. The Balaban J connectivity index is 1.87. The summed E-state index contributed by atoms with van der Waals surface area (Å²) in [5.41, 5.74) is 2.11. The number of benzene rings is 2. The van der Waals surface area contributed by atoms with E-state index in [-0.39, 0.29) is 5.97 Å². The van der Waals surface area contributed by atoms with E-state index >= 15 is 0 Å². The largest absolute Gasteiger partial charge is 0.465 e. The molecule has 1 aromatic heterocycles. The van der Waals surface area contributed by atoms with Crippen molar-refractivity contribution in [1.82, 2.24) is 9.55 Å². The number of rotatable bonds is 5. The fourth-order valence-electron chi connectivity index (χ4n) is 2.59. The Morgan fingerprint density at radius 2 is 2.00 bits per heavy atom. The average Bonchev–Trinajstić information content (AvgIpc) is 3.10. The van der Waals surface area contributed by atoms with Crippen molar-refractivity contribution in [3.63, 3.8) is 0 Å². The summed E-state index contributed by atoms with van der Waals surface area (Å²) >= 11 is 0. The summed E-state index contributed by atoms with van der Waals surface area (Å²) in [6.07, 6.45) is 2.85. The van der Waals surface area contributed by atoms with Crippen LogP contribution in [-0.4, -0.2) is 27.7 Å². The van der Waals surface area contributed by atoms with Gasteiger partial charge in [0.05, 0.1) is 25.3 Å². The molecule has 0 saturated heterocycles. The topological polar surface area (TPSA) is 64.3 Å². The summed E-state index contributed by atoms with van der Waals surface area (Å²) in [6, 6.07) is 16.6. The summed E-state index contributed by atoms with van der Waals surface area (Å²) in [5, 5.41) is 10.4. The summed E-state index contributed by atoms with van der Waals surface area (Å²) in [6.45, 7) is 0.377. The number of aliphatic hydroxyl groups excluding tert-OH is 1. The van der Waals surface area contributed by atoms with E-state index in [0.717, 1.165) is 11.1 Å². The molecule has 2 aromatic carbocycles. The Hall–Kier alpha value is -2.92. The van der Waals surface area contributed by atoms with Gasteiger partial charge in [-0.25, -0.2) is 9.78 Å². The number of hydrogen-bond acceptors (Lipinski definition) is 4. The summed E-state index contributed by atoms with van der Waals surface area (Å²) in [4.78, 5) is 16.1. The number of aliphatic hydroxyl groups is 1. The molecule has 3 aromatic rings. The number of ether oxygens (including phenoxy) is 1. The lowest BCUT2D eigenvalue weighted by Crippen LogP contribution is -2.09. The average molecular weight is 322 g/mol. The molecule has 3 rings (SSSR count). The highest BCUT2D eigenvalue weighted by Crippen LogP contribution is 2.22. The molecule has 0 bridgehead atoms. The third-order valence-corrected chi connectivity index (χ3v) is 3.81. The third kappa shape index (κ3) is 3.36. The van der Waals surface area contributed by atoms with E-state index in [1.807, 2.05) is 47.2 Å². The highest BCUT2D eigenvalue weighted by molar-refractivity contribution is 5.90. The maximum absolute atomic E-state index is 11.7. The van der Waals surface area contributed by atoms with Crippen molar-refractivity contribution in [1.29, 1.82) is 0 Å². The van der Waals surface area contributed by atoms with Gasteiger partial charge in [-0.15, -0.1) is 0 Å². The van der Waals surface area contributed by atoms with Crippen LogP contribution in [0.5, 0.6) is 0 Å². The van der Waals surface area contributed by atoms with Crippen molar-refractivity contribution in [3.8, 4) is 11.4 Å². The van der Waals surface area contributed by atoms with Crippen molar-refractivity contribution < 1.29 is 14.6 Å². The second-order valence-corrected chi connectivity index (χ2v) is 5.40. The molecule has 1 atom stereocenters. The number of nitrogens with zero attached hydrogens (tertiary/aromatic N) is 2. The molecule has 122 valence electrons. The van der Waals surface area contributed by atoms with Crippen LogP contribution in [0.25, 0.3) is 11.4 Å². The Labute approximate surface area is 140 Å². The Morgan fingerprint density at radius 1 is 1.21 bits per heavy atom. The first kappa shape index (κ1) is 16.0. The van der Waals surface area contributed by atoms with E-state index in [1.54, 1.807) is 24.4 Å². The van der Waals surface area contributed by atoms with Crippen molar-refractivity contribution in [2.45, 2.75) is 12.6 Å². The van der Waals surface area contributed by atoms with Gasteiger partial charge in [0.25, 0.3) is 0 Å². The first-order valence-electron chi connectivity index (χ1n) is 7.62. The first-order valence-corrected chi connectivity index (χ1v) is 7.62. The molecule has 5 nitrogen and oxygen atoms in total. The fraction of sp³-hybridized carbons (Fsp3) is 0.158. The van der Waals surface area contributed by atoms with Crippen LogP contribution in [0, 0.1) is 0 Å². The minimum absolute atomic E-state index is 0.377. The molecule has 0 spiro atoms. The number of esters is 1. The monoisotopic (exact) mass is 322 g/mol. The van der Waals surface area contributed by atoms with Crippen LogP contribution in [0.3, 0.4) is 0 Å². The van der Waals surface area contributed by atoms with E-state index in [2.05, 4.69) is 4.98 Å². The van der Waals surface area contributed by atoms with Crippen LogP contribution in [0.2, 0.25) is 0 Å². The molecular weight excluding hydrogens is 304 g/mol. The molecule has 0 amide bonds. The molecule has 0 saturated carbocycles. The van der Waals surface area contributed by atoms with Gasteiger partial charge in [0.1, 0.15) is 5.82 Å². The van der Waals surface area contributed by atoms with Crippen LogP contribution in [0.4, 0.5) is 0 Å². The molecule has 1 N–H and O–H groups in total. The van der Waals surface area contributed by atoms with Gasteiger partial charge in [0.15, 0.2) is 0 Å². The number of carbonyl (C=O) groups is 1. The van der Waals surface area contributed by atoms with Crippen LogP contribution < -0.4 is 0 Å². The van der Waals surface area contributed by atoms with E-state index in [4.69, 9.17) is 4.74 Å². The SMILES string of the molecule is COC(=O)c1cccc(-c2nccn2C[C@@H](O)c2ccccc2)c1. The van der Waals surface area contributed by atoms with Crippen molar-refractivity contribution in [2.24, 2.45) is 0 Å². The normalized spacial score (nSPS) is 11.9. The molecule has 0 radical (unpaired) electrons. The van der Waals surface area contributed by atoms with Gasteiger partial charge < -0.3 is 14.4 Å². The molecule has 1 heterocycles. The Bertz CT molecular complexity index is 827. The van der Waals surface area contributed by atoms with Gasteiger partial charge in [0, 0.05) is 18.0 Å². The van der Waals surface area contributed by atoms with Crippen molar-refractivity contribution in [3.05, 3.63) is 78.1 Å². The molecule has 5 heteroatoms. The molecule has 0 fully saturated rings. The minimum Gasteiger partial charge on any atom is -0.465 e.